The Morgan fingerprint density at radius 2 is 2.17 bits per heavy atom. The zero-order valence-electron chi connectivity index (χ0n) is 10.7. The molecule has 1 saturated heterocycles. The number of carbonyl (C=O) groups is 1. The summed E-state index contributed by atoms with van der Waals surface area (Å²) in [5.74, 6) is 1.09. The van der Waals surface area contributed by atoms with Crippen molar-refractivity contribution >= 4 is 5.78 Å². The first-order chi connectivity index (χ1) is 8.75. The smallest absolute Gasteiger partial charge is 0.199 e. The lowest BCUT2D eigenvalue weighted by Crippen LogP contribution is -2.25. The second-order valence-corrected chi connectivity index (χ2v) is 5.07. The molecule has 1 atom stereocenters. The van der Waals surface area contributed by atoms with Crippen LogP contribution in [0.25, 0.3) is 0 Å². The summed E-state index contributed by atoms with van der Waals surface area (Å²) in [5, 5.41) is 0. The Labute approximate surface area is 107 Å². The van der Waals surface area contributed by atoms with Crippen molar-refractivity contribution in [1.29, 1.82) is 0 Å². The van der Waals surface area contributed by atoms with E-state index >= 15 is 0 Å². The first kappa shape index (κ1) is 11.7. The maximum absolute atomic E-state index is 11.8. The average Bonchev–Trinajstić information content (AvgIpc) is 2.78. The largest absolute Gasteiger partial charge is 0.465 e. The first-order valence-electron chi connectivity index (χ1n) is 6.69. The molecule has 1 fully saturated rings. The van der Waals surface area contributed by atoms with Crippen molar-refractivity contribution in [3.8, 4) is 5.75 Å². The van der Waals surface area contributed by atoms with Crippen molar-refractivity contribution in [3.05, 3.63) is 28.8 Å². The Hall–Kier alpha value is -1.35. The van der Waals surface area contributed by atoms with Crippen LogP contribution in [0.5, 0.6) is 5.75 Å². The average molecular weight is 246 g/mol. The number of fused-ring (bicyclic) bond motifs is 1. The van der Waals surface area contributed by atoms with Gasteiger partial charge in [0.25, 0.3) is 0 Å². The van der Waals surface area contributed by atoms with E-state index in [4.69, 9.17) is 9.47 Å². The third kappa shape index (κ3) is 2.03. The van der Waals surface area contributed by atoms with E-state index in [-0.39, 0.29) is 12.1 Å². The van der Waals surface area contributed by atoms with Crippen LogP contribution in [0.15, 0.2) is 12.1 Å². The highest BCUT2D eigenvalue weighted by Gasteiger charge is 2.26. The van der Waals surface area contributed by atoms with Crippen LogP contribution >= 0.6 is 0 Å². The van der Waals surface area contributed by atoms with Crippen LogP contribution < -0.4 is 4.74 Å². The van der Waals surface area contributed by atoms with Crippen molar-refractivity contribution in [2.24, 2.45) is 0 Å². The van der Waals surface area contributed by atoms with Gasteiger partial charge in [-0.05, 0) is 37.8 Å². The maximum atomic E-state index is 11.8. The summed E-state index contributed by atoms with van der Waals surface area (Å²) in [6, 6.07) is 3.95. The molecule has 96 valence electrons. The fourth-order valence-corrected chi connectivity index (χ4v) is 2.80. The lowest BCUT2D eigenvalue weighted by atomic mass is 10.0. The fraction of sp³-hybridized carbons (Fsp3) is 0.533. The van der Waals surface area contributed by atoms with E-state index in [1.165, 1.54) is 0 Å². The Bertz CT molecular complexity index is 473. The third-order valence-corrected chi connectivity index (χ3v) is 3.76. The Balaban J connectivity index is 1.87. The number of ether oxygens (including phenoxy) is 2. The van der Waals surface area contributed by atoms with E-state index in [9.17, 15) is 4.79 Å². The summed E-state index contributed by atoms with van der Waals surface area (Å²) in [5.41, 5.74) is 3.02. The van der Waals surface area contributed by atoms with Gasteiger partial charge in [0, 0.05) is 24.0 Å². The van der Waals surface area contributed by atoms with Crippen LogP contribution in [0.1, 0.15) is 47.2 Å². The van der Waals surface area contributed by atoms with Crippen molar-refractivity contribution < 1.29 is 14.3 Å². The van der Waals surface area contributed by atoms with E-state index in [0.717, 1.165) is 54.7 Å². The molecule has 3 nitrogen and oxygen atoms in total. The number of Topliss-reactive ketones (excluding diaryl/α,β-unsaturated/α-hetero) is 1. The quantitative estimate of drug-likeness (QED) is 0.804. The van der Waals surface area contributed by atoms with E-state index in [1.807, 2.05) is 19.1 Å². The van der Waals surface area contributed by atoms with Crippen LogP contribution in [0.3, 0.4) is 0 Å². The SMILES string of the molecule is Cc1ccc(OC2CCCCO2)c2c1C(=O)CC2. The van der Waals surface area contributed by atoms with Gasteiger partial charge in [-0.3, -0.25) is 4.79 Å². The lowest BCUT2D eigenvalue weighted by molar-refractivity contribution is -0.106. The van der Waals surface area contributed by atoms with Crippen molar-refractivity contribution in [3.63, 3.8) is 0 Å². The topological polar surface area (TPSA) is 35.5 Å². The zero-order chi connectivity index (χ0) is 12.5. The minimum absolute atomic E-state index is 0.138. The second-order valence-electron chi connectivity index (χ2n) is 5.07. The van der Waals surface area contributed by atoms with Crippen LogP contribution in [0.4, 0.5) is 0 Å². The molecular formula is C15H18O3. The standard InChI is InChI=1S/C15H18O3/c1-10-5-8-13(11-6-7-12(16)15(10)11)18-14-4-2-3-9-17-14/h5,8,14H,2-4,6-7,9H2,1H3. The van der Waals surface area contributed by atoms with Gasteiger partial charge in [0.05, 0.1) is 6.61 Å². The molecule has 1 aliphatic carbocycles. The summed E-state index contributed by atoms with van der Waals surface area (Å²) in [6.45, 7) is 2.76. The van der Waals surface area contributed by atoms with Gasteiger partial charge in [0.2, 0.25) is 0 Å². The summed E-state index contributed by atoms with van der Waals surface area (Å²) in [4.78, 5) is 11.8. The van der Waals surface area contributed by atoms with E-state index < -0.39 is 0 Å². The van der Waals surface area contributed by atoms with Crippen LogP contribution in [-0.2, 0) is 11.2 Å². The van der Waals surface area contributed by atoms with Gasteiger partial charge in [-0.15, -0.1) is 0 Å². The molecule has 18 heavy (non-hydrogen) atoms. The van der Waals surface area contributed by atoms with Crippen LogP contribution in [0.2, 0.25) is 0 Å². The molecule has 1 aromatic carbocycles. The first-order valence-corrected chi connectivity index (χ1v) is 6.69. The molecule has 0 N–H and O–H groups in total. The van der Waals surface area contributed by atoms with Gasteiger partial charge in [-0.25, -0.2) is 0 Å². The number of aryl methyl sites for hydroxylation is 1. The molecule has 3 rings (SSSR count). The van der Waals surface area contributed by atoms with Gasteiger partial charge in [-0.2, -0.15) is 0 Å². The van der Waals surface area contributed by atoms with Crippen molar-refractivity contribution in [1.82, 2.24) is 0 Å². The van der Waals surface area contributed by atoms with Gasteiger partial charge in [-0.1, -0.05) is 6.07 Å². The number of ketones is 1. The predicted octanol–water partition coefficient (Wildman–Crippen LogP) is 3.03. The lowest BCUT2D eigenvalue weighted by Gasteiger charge is -2.24. The highest BCUT2D eigenvalue weighted by Crippen LogP contribution is 2.34. The molecule has 0 saturated carbocycles. The molecule has 1 unspecified atom stereocenters. The molecule has 0 aromatic heterocycles. The Morgan fingerprint density at radius 3 is 2.94 bits per heavy atom. The molecule has 0 bridgehead atoms. The Morgan fingerprint density at radius 1 is 1.28 bits per heavy atom. The summed E-state index contributed by atoms with van der Waals surface area (Å²) in [7, 11) is 0. The van der Waals surface area contributed by atoms with Gasteiger partial charge >= 0.3 is 0 Å². The maximum Gasteiger partial charge on any atom is 0.199 e. The normalized spacial score (nSPS) is 22.9. The van der Waals surface area contributed by atoms with Crippen LogP contribution in [0, 0.1) is 6.92 Å². The zero-order valence-corrected chi connectivity index (χ0v) is 10.7. The van der Waals surface area contributed by atoms with Gasteiger partial charge < -0.3 is 9.47 Å². The molecule has 1 aliphatic heterocycles. The number of rotatable bonds is 2. The number of carbonyl (C=O) groups excluding carboxylic acids is 1. The van der Waals surface area contributed by atoms with Gasteiger partial charge in [0.1, 0.15) is 5.75 Å². The molecule has 3 heteroatoms. The summed E-state index contributed by atoms with van der Waals surface area (Å²) >= 11 is 0. The molecular weight excluding hydrogens is 228 g/mol. The molecule has 0 amide bonds. The van der Waals surface area contributed by atoms with E-state index in [2.05, 4.69) is 0 Å². The minimum atomic E-state index is -0.138. The minimum Gasteiger partial charge on any atom is -0.465 e. The highest BCUT2D eigenvalue weighted by molar-refractivity contribution is 6.02. The molecule has 0 radical (unpaired) electrons. The van der Waals surface area contributed by atoms with Crippen molar-refractivity contribution in [2.75, 3.05) is 6.61 Å². The van der Waals surface area contributed by atoms with Crippen molar-refractivity contribution in [2.45, 2.75) is 45.3 Å². The number of benzene rings is 1. The summed E-state index contributed by atoms with van der Waals surface area (Å²) in [6.07, 6.45) is 4.49. The molecule has 1 aromatic rings. The van der Waals surface area contributed by atoms with Crippen LogP contribution in [-0.4, -0.2) is 18.7 Å². The highest BCUT2D eigenvalue weighted by atomic mass is 16.7. The number of hydrogen-bond acceptors (Lipinski definition) is 3. The van der Waals surface area contributed by atoms with Gasteiger partial charge in [0.15, 0.2) is 12.1 Å². The van der Waals surface area contributed by atoms with E-state index in [1.54, 1.807) is 0 Å². The summed E-state index contributed by atoms with van der Waals surface area (Å²) < 4.78 is 11.5. The Kier molecular flexibility index (Phi) is 3.08. The predicted molar refractivity (Wildman–Crippen MR) is 68.0 cm³/mol. The molecule has 2 aliphatic rings. The third-order valence-electron chi connectivity index (χ3n) is 3.76. The fourth-order valence-electron chi connectivity index (χ4n) is 2.80. The molecule has 1 heterocycles. The number of hydrogen-bond donors (Lipinski definition) is 0. The molecule has 0 spiro atoms. The second kappa shape index (κ2) is 4.73. The van der Waals surface area contributed by atoms with E-state index in [0.29, 0.717) is 6.42 Å². The monoisotopic (exact) mass is 246 g/mol.